The van der Waals surface area contributed by atoms with Crippen LogP contribution >= 0.6 is 7.60 Å². The monoisotopic (exact) mass is 555 g/mol. The number of hydrogen-bond acceptors (Lipinski definition) is 12. The van der Waals surface area contributed by atoms with Gasteiger partial charge in [-0.1, -0.05) is 12.8 Å². The lowest BCUT2D eigenvalue weighted by atomic mass is 10.1. The highest BCUT2D eigenvalue weighted by Crippen LogP contribution is 2.49. The first-order chi connectivity index (χ1) is 18.3. The first-order valence-electron chi connectivity index (χ1n) is 13.3. The standard InChI is InChI=1S/C24H38N5O8P/c1-5-33-38(31,34-6-2)14-32-12-16-19-20(37-24(3,4)36-19)23(35-16)29-13-25-18-21(26-15-9-7-8-10-15)27-17(11-30)28-22(18)29/h13,15-16,19-20,23,30H,5-12,14H2,1-4H3,(H,26,27,28)/t16-,19-,20-,23-/m1/s1. The molecule has 0 spiro atoms. The van der Waals surface area contributed by atoms with Gasteiger partial charge >= 0.3 is 7.60 Å². The smallest absolute Gasteiger partial charge is 0.356 e. The molecular formula is C24H38N5O8P. The lowest BCUT2D eigenvalue weighted by molar-refractivity contribution is -0.201. The molecule has 0 amide bonds. The number of fused-ring (bicyclic) bond motifs is 2. The fourth-order valence-corrected chi connectivity index (χ4v) is 6.73. The van der Waals surface area contributed by atoms with E-state index in [1.807, 2.05) is 13.8 Å². The number of aliphatic hydroxyl groups excluding tert-OH is 1. The van der Waals surface area contributed by atoms with Crippen molar-refractivity contribution in [1.29, 1.82) is 0 Å². The first-order valence-corrected chi connectivity index (χ1v) is 15.1. The van der Waals surface area contributed by atoms with E-state index in [2.05, 4.69) is 20.3 Å². The molecule has 0 unspecified atom stereocenters. The van der Waals surface area contributed by atoms with Crippen LogP contribution in [0.1, 0.15) is 65.4 Å². The molecule has 4 heterocycles. The van der Waals surface area contributed by atoms with Crippen LogP contribution in [0.25, 0.3) is 11.2 Å². The van der Waals surface area contributed by atoms with Crippen molar-refractivity contribution in [3.05, 3.63) is 12.2 Å². The number of rotatable bonds is 12. The Balaban J connectivity index is 1.39. The van der Waals surface area contributed by atoms with Gasteiger partial charge in [0.25, 0.3) is 0 Å². The Morgan fingerprint density at radius 2 is 1.87 bits per heavy atom. The third kappa shape index (κ3) is 5.75. The number of ether oxygens (including phenoxy) is 4. The molecule has 1 aliphatic carbocycles. The van der Waals surface area contributed by atoms with E-state index in [1.54, 1.807) is 24.7 Å². The van der Waals surface area contributed by atoms with Crippen molar-refractivity contribution in [1.82, 2.24) is 19.5 Å². The largest absolute Gasteiger partial charge is 0.388 e. The summed E-state index contributed by atoms with van der Waals surface area (Å²) >= 11 is 0. The van der Waals surface area contributed by atoms with Crippen molar-refractivity contribution in [2.24, 2.45) is 0 Å². The van der Waals surface area contributed by atoms with Crippen molar-refractivity contribution in [2.75, 3.05) is 31.5 Å². The van der Waals surface area contributed by atoms with E-state index in [4.69, 9.17) is 28.0 Å². The molecular weight excluding hydrogens is 517 g/mol. The molecule has 1 saturated carbocycles. The van der Waals surface area contributed by atoms with Gasteiger partial charge in [0.2, 0.25) is 0 Å². The summed E-state index contributed by atoms with van der Waals surface area (Å²) in [6.45, 7) is 7.50. The van der Waals surface area contributed by atoms with Crippen LogP contribution in [0.4, 0.5) is 5.82 Å². The van der Waals surface area contributed by atoms with Gasteiger partial charge in [-0.25, -0.2) is 15.0 Å². The van der Waals surface area contributed by atoms with Crippen LogP contribution in [-0.4, -0.2) is 80.9 Å². The number of nitrogens with zero attached hydrogens (tertiary/aromatic N) is 4. The summed E-state index contributed by atoms with van der Waals surface area (Å²) in [5.74, 6) is 0.0598. The van der Waals surface area contributed by atoms with E-state index in [0.717, 1.165) is 12.8 Å². The van der Waals surface area contributed by atoms with Gasteiger partial charge in [0.05, 0.1) is 26.1 Å². The zero-order valence-electron chi connectivity index (χ0n) is 22.4. The zero-order valence-corrected chi connectivity index (χ0v) is 23.3. The first kappa shape index (κ1) is 27.9. The van der Waals surface area contributed by atoms with E-state index in [9.17, 15) is 9.67 Å². The SMILES string of the molecule is CCOP(=O)(COC[C@H]1O[C@@H](n2cnc3c(NC4CCCC4)nc(CO)nc32)[C@@H]2OC(C)(C)O[C@@H]21)OCC. The van der Waals surface area contributed by atoms with Crippen LogP contribution in [0.15, 0.2) is 6.33 Å². The van der Waals surface area contributed by atoms with Gasteiger partial charge in [0.1, 0.15) is 31.3 Å². The highest BCUT2D eigenvalue weighted by atomic mass is 31.2. The Morgan fingerprint density at radius 1 is 1.16 bits per heavy atom. The molecule has 3 aliphatic rings. The molecule has 14 heteroatoms. The van der Waals surface area contributed by atoms with E-state index in [0.29, 0.717) is 28.8 Å². The second-order valence-corrected chi connectivity index (χ2v) is 12.2. The molecule has 2 aromatic rings. The number of hydrogen-bond donors (Lipinski definition) is 2. The Labute approximate surface area is 222 Å². The van der Waals surface area contributed by atoms with Crippen LogP contribution in [0.5, 0.6) is 0 Å². The molecule has 0 bridgehead atoms. The maximum Gasteiger partial charge on any atom is 0.356 e. The molecule has 2 aliphatic heterocycles. The number of aliphatic hydroxyl groups is 1. The summed E-state index contributed by atoms with van der Waals surface area (Å²) in [7, 11) is -3.37. The molecule has 4 atom stereocenters. The van der Waals surface area contributed by atoms with Crippen LogP contribution < -0.4 is 5.32 Å². The Kier molecular flexibility index (Phi) is 8.37. The lowest BCUT2D eigenvalue weighted by Gasteiger charge is -2.25. The minimum atomic E-state index is -3.37. The minimum Gasteiger partial charge on any atom is -0.388 e. The van der Waals surface area contributed by atoms with Gasteiger partial charge in [0, 0.05) is 6.04 Å². The molecule has 13 nitrogen and oxygen atoms in total. The van der Waals surface area contributed by atoms with E-state index < -0.39 is 37.9 Å². The van der Waals surface area contributed by atoms with Crippen LogP contribution in [-0.2, 0) is 39.2 Å². The summed E-state index contributed by atoms with van der Waals surface area (Å²) in [4.78, 5) is 13.7. The van der Waals surface area contributed by atoms with Crippen molar-refractivity contribution in [3.8, 4) is 0 Å². The Morgan fingerprint density at radius 3 is 2.55 bits per heavy atom. The minimum absolute atomic E-state index is 0.0965. The summed E-state index contributed by atoms with van der Waals surface area (Å²) in [5, 5.41) is 13.3. The van der Waals surface area contributed by atoms with Gasteiger partial charge < -0.3 is 38.4 Å². The summed E-state index contributed by atoms with van der Waals surface area (Å²) in [6, 6.07) is 0.315. The Bertz CT molecular complexity index is 1150. The van der Waals surface area contributed by atoms with Crippen molar-refractivity contribution >= 4 is 24.6 Å². The fraction of sp³-hybridized carbons (Fsp3) is 0.792. The molecule has 3 fully saturated rings. The third-order valence-electron chi connectivity index (χ3n) is 6.89. The normalized spacial score (nSPS) is 27.4. The number of imidazole rings is 1. The third-order valence-corrected chi connectivity index (χ3v) is 8.69. The summed E-state index contributed by atoms with van der Waals surface area (Å²) in [6.07, 6.45) is 3.89. The predicted molar refractivity (Wildman–Crippen MR) is 137 cm³/mol. The van der Waals surface area contributed by atoms with Gasteiger partial charge in [-0.2, -0.15) is 0 Å². The second-order valence-electron chi connectivity index (χ2n) is 10.2. The summed E-state index contributed by atoms with van der Waals surface area (Å²) < 4.78 is 49.8. The molecule has 38 heavy (non-hydrogen) atoms. The molecule has 2 saturated heterocycles. The van der Waals surface area contributed by atoms with Gasteiger partial charge in [-0.15, -0.1) is 0 Å². The van der Waals surface area contributed by atoms with E-state index >= 15 is 0 Å². The average Bonchev–Trinajstić information content (AvgIpc) is 3.64. The zero-order chi connectivity index (χ0) is 26.9. The molecule has 0 aromatic carbocycles. The van der Waals surface area contributed by atoms with Crippen molar-refractivity contribution in [2.45, 2.75) is 96.4 Å². The molecule has 2 N–H and O–H groups in total. The van der Waals surface area contributed by atoms with E-state index in [1.165, 1.54) is 12.8 Å². The van der Waals surface area contributed by atoms with Gasteiger partial charge in [-0.3, -0.25) is 9.13 Å². The van der Waals surface area contributed by atoms with Crippen LogP contribution in [0.2, 0.25) is 0 Å². The second kappa shape index (κ2) is 11.4. The van der Waals surface area contributed by atoms with Gasteiger partial charge in [-0.05, 0) is 40.5 Å². The maximum atomic E-state index is 12.8. The Hall–Kier alpha value is -1.70. The highest BCUT2D eigenvalue weighted by Gasteiger charge is 2.56. The van der Waals surface area contributed by atoms with Crippen LogP contribution in [0, 0.1) is 0 Å². The fourth-order valence-electron chi connectivity index (χ4n) is 5.39. The van der Waals surface area contributed by atoms with E-state index in [-0.39, 0.29) is 32.8 Å². The predicted octanol–water partition coefficient (Wildman–Crippen LogP) is 3.33. The topological polar surface area (TPSA) is 148 Å². The van der Waals surface area contributed by atoms with Crippen molar-refractivity contribution < 1.29 is 37.7 Å². The maximum absolute atomic E-state index is 12.8. The van der Waals surface area contributed by atoms with Gasteiger partial charge in [0.15, 0.2) is 34.8 Å². The highest BCUT2D eigenvalue weighted by molar-refractivity contribution is 7.53. The molecule has 5 rings (SSSR count). The lowest BCUT2D eigenvalue weighted by Crippen LogP contribution is -2.33. The average molecular weight is 556 g/mol. The quantitative estimate of drug-likeness (QED) is 0.370. The molecule has 212 valence electrons. The number of nitrogens with one attached hydrogen (secondary N) is 1. The molecule has 0 radical (unpaired) electrons. The van der Waals surface area contributed by atoms with Crippen LogP contribution in [0.3, 0.4) is 0 Å². The molecule has 2 aromatic heterocycles. The van der Waals surface area contributed by atoms with Crippen molar-refractivity contribution in [3.63, 3.8) is 0 Å². The number of anilines is 1. The number of aromatic nitrogens is 4. The summed E-state index contributed by atoms with van der Waals surface area (Å²) in [5.41, 5.74) is 1.13.